The van der Waals surface area contributed by atoms with Crippen molar-refractivity contribution in [2.75, 3.05) is 0 Å². The molecule has 0 aliphatic rings. The number of hydrogen-bond donors (Lipinski definition) is 2. The minimum absolute atomic E-state index is 0.211. The van der Waals surface area contributed by atoms with Gasteiger partial charge in [-0.3, -0.25) is 4.79 Å². The molecule has 2 rings (SSSR count). The Kier molecular flexibility index (Phi) is 4.81. The van der Waals surface area contributed by atoms with Crippen molar-refractivity contribution in [2.45, 2.75) is 32.4 Å². The van der Waals surface area contributed by atoms with Gasteiger partial charge in [0, 0.05) is 5.92 Å². The number of carbonyl (C=O) groups is 1. The Labute approximate surface area is 122 Å². The van der Waals surface area contributed by atoms with Crippen LogP contribution in [0, 0.1) is 0 Å². The molecule has 0 saturated carbocycles. The number of benzene rings is 1. The first-order valence-corrected chi connectivity index (χ1v) is 7.30. The molecule has 1 heterocycles. The maximum atomic E-state index is 12.0. The predicted molar refractivity (Wildman–Crippen MR) is 79.2 cm³/mol. The van der Waals surface area contributed by atoms with Gasteiger partial charge in [0.05, 0.1) is 6.54 Å². The van der Waals surface area contributed by atoms with E-state index in [1.165, 1.54) is 11.3 Å². The molecule has 106 valence electrons. The number of aromatic nitrogens is 2. The Morgan fingerprint density at radius 3 is 2.60 bits per heavy atom. The van der Waals surface area contributed by atoms with Gasteiger partial charge in [-0.2, -0.15) is 0 Å². The summed E-state index contributed by atoms with van der Waals surface area (Å²) in [5.74, 6) is 0.140. The first kappa shape index (κ1) is 14.6. The van der Waals surface area contributed by atoms with Crippen LogP contribution in [0.3, 0.4) is 0 Å². The molecule has 20 heavy (non-hydrogen) atoms. The Morgan fingerprint density at radius 1 is 1.30 bits per heavy atom. The van der Waals surface area contributed by atoms with Crippen LogP contribution in [-0.4, -0.2) is 16.1 Å². The van der Waals surface area contributed by atoms with Crippen LogP contribution in [0.4, 0.5) is 0 Å². The van der Waals surface area contributed by atoms with E-state index in [2.05, 4.69) is 29.4 Å². The molecule has 1 atom stereocenters. The van der Waals surface area contributed by atoms with Crippen LogP contribution in [-0.2, 0) is 11.3 Å². The molecule has 0 radical (unpaired) electrons. The molecule has 1 aromatic heterocycles. The molecule has 0 aliphatic heterocycles. The van der Waals surface area contributed by atoms with E-state index in [0.29, 0.717) is 12.5 Å². The molecule has 1 aromatic carbocycles. The van der Waals surface area contributed by atoms with Crippen molar-refractivity contribution in [1.29, 1.82) is 0 Å². The van der Waals surface area contributed by atoms with Crippen molar-refractivity contribution in [3.05, 3.63) is 45.9 Å². The number of hydrogen-bond acceptors (Lipinski definition) is 5. The van der Waals surface area contributed by atoms with Gasteiger partial charge in [-0.05, 0) is 5.56 Å². The first-order chi connectivity index (χ1) is 9.58. The number of rotatable bonds is 5. The van der Waals surface area contributed by atoms with Crippen molar-refractivity contribution in [1.82, 2.24) is 15.5 Å². The minimum atomic E-state index is -0.659. The van der Waals surface area contributed by atoms with Crippen LogP contribution in [0.15, 0.2) is 30.3 Å². The molecule has 2 aromatic rings. The second kappa shape index (κ2) is 6.58. The van der Waals surface area contributed by atoms with Crippen LogP contribution in [0.1, 0.15) is 41.4 Å². The zero-order valence-corrected chi connectivity index (χ0v) is 12.4. The van der Waals surface area contributed by atoms with Gasteiger partial charge in [0.25, 0.3) is 0 Å². The van der Waals surface area contributed by atoms with Crippen LogP contribution >= 0.6 is 11.3 Å². The molecule has 6 heteroatoms. The fourth-order valence-corrected chi connectivity index (χ4v) is 2.44. The number of nitrogens with two attached hydrogens (primary N) is 1. The maximum Gasteiger partial charge on any atom is 0.241 e. The van der Waals surface area contributed by atoms with Gasteiger partial charge < -0.3 is 11.1 Å². The van der Waals surface area contributed by atoms with Crippen LogP contribution in [0.25, 0.3) is 0 Å². The lowest BCUT2D eigenvalue weighted by Crippen LogP contribution is -2.33. The van der Waals surface area contributed by atoms with Crippen LogP contribution < -0.4 is 11.1 Å². The summed E-state index contributed by atoms with van der Waals surface area (Å²) in [6.45, 7) is 4.49. The summed E-state index contributed by atoms with van der Waals surface area (Å²) < 4.78 is 0. The van der Waals surface area contributed by atoms with Crippen LogP contribution in [0.2, 0.25) is 0 Å². The molecule has 0 fully saturated rings. The number of nitrogens with one attached hydrogen (secondary N) is 1. The highest BCUT2D eigenvalue weighted by atomic mass is 32.1. The van der Waals surface area contributed by atoms with Crippen molar-refractivity contribution in [2.24, 2.45) is 5.73 Å². The minimum Gasteiger partial charge on any atom is -0.348 e. The van der Waals surface area contributed by atoms with E-state index in [0.717, 1.165) is 15.6 Å². The maximum absolute atomic E-state index is 12.0. The first-order valence-electron chi connectivity index (χ1n) is 6.48. The van der Waals surface area contributed by atoms with Gasteiger partial charge in [-0.25, -0.2) is 0 Å². The number of carbonyl (C=O) groups excluding carboxylic acids is 1. The third kappa shape index (κ3) is 3.61. The zero-order valence-electron chi connectivity index (χ0n) is 11.5. The highest BCUT2D eigenvalue weighted by Crippen LogP contribution is 2.18. The average Bonchev–Trinajstić information content (AvgIpc) is 2.94. The van der Waals surface area contributed by atoms with E-state index in [1.54, 1.807) is 0 Å². The molecular formula is C14H18N4OS. The topological polar surface area (TPSA) is 80.9 Å². The fourth-order valence-electron chi connectivity index (χ4n) is 1.66. The van der Waals surface area contributed by atoms with Gasteiger partial charge >= 0.3 is 0 Å². The summed E-state index contributed by atoms with van der Waals surface area (Å²) >= 11 is 1.51. The highest BCUT2D eigenvalue weighted by molar-refractivity contribution is 7.11. The van der Waals surface area contributed by atoms with E-state index in [1.807, 2.05) is 30.3 Å². The summed E-state index contributed by atoms with van der Waals surface area (Å²) in [4.78, 5) is 12.0. The highest BCUT2D eigenvalue weighted by Gasteiger charge is 2.16. The number of nitrogens with zero attached hydrogens (tertiary/aromatic N) is 2. The Hall–Kier alpha value is -1.79. The van der Waals surface area contributed by atoms with E-state index < -0.39 is 6.04 Å². The summed E-state index contributed by atoms with van der Waals surface area (Å²) in [6.07, 6.45) is 0. The van der Waals surface area contributed by atoms with Crippen LogP contribution in [0.5, 0.6) is 0 Å². The molecular weight excluding hydrogens is 272 g/mol. The molecule has 0 saturated heterocycles. The van der Waals surface area contributed by atoms with Crippen molar-refractivity contribution in [3.63, 3.8) is 0 Å². The summed E-state index contributed by atoms with van der Waals surface area (Å²) in [6, 6.07) is 8.64. The molecule has 1 amide bonds. The third-order valence-corrected chi connectivity index (χ3v) is 4.06. The van der Waals surface area contributed by atoms with Gasteiger partial charge in [0.2, 0.25) is 5.91 Å². The van der Waals surface area contributed by atoms with Gasteiger partial charge in [-0.15, -0.1) is 10.2 Å². The lowest BCUT2D eigenvalue weighted by Gasteiger charge is -2.11. The normalized spacial score (nSPS) is 12.4. The summed E-state index contributed by atoms with van der Waals surface area (Å²) in [5.41, 5.74) is 6.71. The summed E-state index contributed by atoms with van der Waals surface area (Å²) in [7, 11) is 0. The SMILES string of the molecule is CC(C)c1nnc(CNC(=O)C(N)c2ccccc2)s1. The molecule has 0 bridgehead atoms. The van der Waals surface area contributed by atoms with Gasteiger partial charge in [-0.1, -0.05) is 55.5 Å². The Balaban J connectivity index is 1.91. The van der Waals surface area contributed by atoms with Gasteiger partial charge in [0.1, 0.15) is 16.1 Å². The second-order valence-corrected chi connectivity index (χ2v) is 5.89. The third-order valence-electron chi connectivity index (χ3n) is 2.83. The van der Waals surface area contributed by atoms with Crippen molar-refractivity contribution in [3.8, 4) is 0 Å². The number of amides is 1. The predicted octanol–water partition coefficient (Wildman–Crippen LogP) is 1.98. The second-order valence-electron chi connectivity index (χ2n) is 4.79. The van der Waals surface area contributed by atoms with E-state index in [4.69, 9.17) is 5.73 Å². The van der Waals surface area contributed by atoms with E-state index in [9.17, 15) is 4.79 Å². The Bertz CT molecular complexity index is 568. The molecule has 3 N–H and O–H groups in total. The van der Waals surface area contributed by atoms with E-state index >= 15 is 0 Å². The quantitative estimate of drug-likeness (QED) is 0.882. The molecule has 1 unspecified atom stereocenters. The Morgan fingerprint density at radius 2 is 2.00 bits per heavy atom. The summed E-state index contributed by atoms with van der Waals surface area (Å²) in [5, 5.41) is 12.7. The zero-order chi connectivity index (χ0) is 14.5. The smallest absolute Gasteiger partial charge is 0.241 e. The lowest BCUT2D eigenvalue weighted by atomic mass is 10.1. The monoisotopic (exact) mass is 290 g/mol. The standard InChI is InChI=1S/C14H18N4OS/c1-9(2)14-18-17-11(20-14)8-16-13(19)12(15)10-6-4-3-5-7-10/h3-7,9,12H,8,15H2,1-2H3,(H,16,19). The lowest BCUT2D eigenvalue weighted by molar-refractivity contribution is -0.122. The van der Waals surface area contributed by atoms with Crippen molar-refractivity contribution < 1.29 is 4.79 Å². The average molecular weight is 290 g/mol. The molecule has 0 spiro atoms. The molecule has 0 aliphatic carbocycles. The van der Waals surface area contributed by atoms with Crippen molar-refractivity contribution >= 4 is 17.2 Å². The van der Waals surface area contributed by atoms with E-state index in [-0.39, 0.29) is 5.91 Å². The molecule has 5 nitrogen and oxygen atoms in total. The fraction of sp³-hybridized carbons (Fsp3) is 0.357. The van der Waals surface area contributed by atoms with Gasteiger partial charge in [0.15, 0.2) is 0 Å². The largest absolute Gasteiger partial charge is 0.348 e.